The van der Waals surface area contributed by atoms with Gasteiger partial charge in [0.15, 0.2) is 0 Å². The molecular formula is C18H13N2OS. The summed E-state index contributed by atoms with van der Waals surface area (Å²) in [4.78, 5) is 11.0. The normalized spacial score (nSPS) is 11.1. The van der Waals surface area contributed by atoms with Crippen LogP contribution in [-0.2, 0) is 6.42 Å². The Balaban J connectivity index is 1.94. The lowest BCUT2D eigenvalue weighted by atomic mass is 10.0. The van der Waals surface area contributed by atoms with E-state index in [2.05, 4.69) is 28.3 Å². The molecule has 1 aromatic carbocycles. The van der Waals surface area contributed by atoms with Crippen LogP contribution in [0.3, 0.4) is 0 Å². The molecule has 3 heterocycles. The van der Waals surface area contributed by atoms with Gasteiger partial charge < -0.3 is 4.42 Å². The van der Waals surface area contributed by atoms with Crippen LogP contribution >= 0.6 is 11.3 Å². The lowest BCUT2D eigenvalue weighted by Gasteiger charge is -2.03. The molecule has 0 amide bonds. The highest BCUT2D eigenvalue weighted by atomic mass is 32.1. The average Bonchev–Trinajstić information content (AvgIpc) is 3.15. The average molecular weight is 305 g/mol. The van der Waals surface area contributed by atoms with Gasteiger partial charge in [-0.25, -0.2) is 9.97 Å². The van der Waals surface area contributed by atoms with Gasteiger partial charge in [0.2, 0.25) is 0 Å². The van der Waals surface area contributed by atoms with E-state index in [0.29, 0.717) is 0 Å². The maximum Gasteiger partial charge on any atom is 0.128 e. The van der Waals surface area contributed by atoms with Crippen LogP contribution in [0.2, 0.25) is 0 Å². The third-order valence-electron chi connectivity index (χ3n) is 3.53. The molecule has 0 bridgehead atoms. The summed E-state index contributed by atoms with van der Waals surface area (Å²) in [7, 11) is 0. The van der Waals surface area contributed by atoms with Crippen molar-refractivity contribution >= 4 is 21.6 Å². The second-order valence-electron chi connectivity index (χ2n) is 5.09. The molecule has 3 aromatic heterocycles. The molecule has 107 valence electrons. The molecule has 0 saturated carbocycles. The molecule has 0 spiro atoms. The van der Waals surface area contributed by atoms with Crippen LogP contribution in [0.5, 0.6) is 0 Å². The van der Waals surface area contributed by atoms with E-state index in [4.69, 9.17) is 4.42 Å². The molecule has 0 aliphatic carbocycles. The van der Waals surface area contributed by atoms with Gasteiger partial charge in [-0.3, -0.25) is 0 Å². The minimum absolute atomic E-state index is 0.748. The van der Waals surface area contributed by atoms with Gasteiger partial charge in [0.05, 0.1) is 6.26 Å². The largest absolute Gasteiger partial charge is 0.469 e. The highest BCUT2D eigenvalue weighted by Gasteiger charge is 2.17. The van der Waals surface area contributed by atoms with Gasteiger partial charge in [0.25, 0.3) is 0 Å². The van der Waals surface area contributed by atoms with Crippen LogP contribution in [0.4, 0.5) is 0 Å². The van der Waals surface area contributed by atoms with Crippen molar-refractivity contribution in [1.82, 2.24) is 9.97 Å². The maximum atomic E-state index is 5.51. The van der Waals surface area contributed by atoms with Crippen LogP contribution in [-0.4, -0.2) is 9.97 Å². The third kappa shape index (κ3) is 2.31. The van der Waals surface area contributed by atoms with Crippen molar-refractivity contribution in [2.24, 2.45) is 0 Å². The Bertz CT molecular complexity index is 911. The van der Waals surface area contributed by atoms with E-state index in [1.54, 1.807) is 17.6 Å². The Morgan fingerprint density at radius 3 is 2.77 bits per heavy atom. The van der Waals surface area contributed by atoms with Crippen molar-refractivity contribution in [3.8, 4) is 11.1 Å². The summed E-state index contributed by atoms with van der Waals surface area (Å²) in [6.07, 6.45) is 5.62. The summed E-state index contributed by atoms with van der Waals surface area (Å²) in [6, 6.07) is 14.3. The molecule has 1 radical (unpaired) electrons. The molecule has 0 aliphatic heterocycles. The van der Waals surface area contributed by atoms with E-state index in [9.17, 15) is 0 Å². The Morgan fingerprint density at radius 2 is 2.00 bits per heavy atom. The van der Waals surface area contributed by atoms with Gasteiger partial charge in [-0.2, -0.15) is 0 Å². The number of rotatable bonds is 3. The van der Waals surface area contributed by atoms with Gasteiger partial charge >= 0.3 is 0 Å². The molecule has 4 rings (SSSR count). The summed E-state index contributed by atoms with van der Waals surface area (Å²) in [5.41, 5.74) is 2.33. The number of nitrogens with zero attached hydrogens (tertiary/aromatic N) is 2. The Morgan fingerprint density at radius 1 is 1.14 bits per heavy atom. The van der Waals surface area contributed by atoms with Crippen molar-refractivity contribution in [1.29, 1.82) is 0 Å². The minimum atomic E-state index is 0.748. The Labute approximate surface area is 132 Å². The highest BCUT2D eigenvalue weighted by molar-refractivity contribution is 7.19. The van der Waals surface area contributed by atoms with E-state index < -0.39 is 0 Å². The zero-order valence-corrected chi connectivity index (χ0v) is 12.9. The van der Waals surface area contributed by atoms with Crippen LogP contribution in [0, 0.1) is 13.1 Å². The summed E-state index contributed by atoms with van der Waals surface area (Å²) < 4.78 is 5.51. The monoisotopic (exact) mass is 305 g/mol. The van der Waals surface area contributed by atoms with Gasteiger partial charge in [-0.1, -0.05) is 30.3 Å². The van der Waals surface area contributed by atoms with E-state index in [-0.39, 0.29) is 0 Å². The molecule has 0 N–H and O–H groups in total. The quantitative estimate of drug-likeness (QED) is 0.553. The number of hydrogen-bond acceptors (Lipinski definition) is 4. The molecule has 0 unspecified atom stereocenters. The fourth-order valence-corrected chi connectivity index (χ4v) is 3.76. The fourth-order valence-electron chi connectivity index (χ4n) is 2.56. The van der Waals surface area contributed by atoms with E-state index in [1.807, 2.05) is 37.3 Å². The van der Waals surface area contributed by atoms with E-state index >= 15 is 0 Å². The number of furan rings is 1. The van der Waals surface area contributed by atoms with Crippen molar-refractivity contribution in [3.63, 3.8) is 0 Å². The number of aryl methyl sites for hydroxylation is 1. The lowest BCUT2D eigenvalue weighted by molar-refractivity contribution is 0.522. The Hall–Kier alpha value is -2.46. The number of aromatic nitrogens is 2. The van der Waals surface area contributed by atoms with E-state index in [1.165, 1.54) is 10.4 Å². The second-order valence-corrected chi connectivity index (χ2v) is 6.17. The number of thiophene rings is 1. The smallest absolute Gasteiger partial charge is 0.128 e. The summed E-state index contributed by atoms with van der Waals surface area (Å²) >= 11 is 1.69. The predicted octanol–water partition coefficient (Wildman–Crippen LogP) is 4.65. The number of benzene rings is 1. The first kappa shape index (κ1) is 13.2. The van der Waals surface area contributed by atoms with Crippen LogP contribution in [0.15, 0.2) is 53.1 Å². The SMILES string of the molecule is Cc1n[c]c2c(-c3ccccc3)c(Cc3ccco3)sc2n1. The second kappa shape index (κ2) is 5.39. The molecule has 0 saturated heterocycles. The van der Waals surface area contributed by atoms with Gasteiger partial charge in [0.1, 0.15) is 22.6 Å². The molecule has 0 atom stereocenters. The number of fused-ring (bicyclic) bond motifs is 1. The molecule has 4 heteroatoms. The molecule has 4 aromatic rings. The molecule has 3 nitrogen and oxygen atoms in total. The molecular weight excluding hydrogens is 292 g/mol. The summed E-state index contributed by atoms with van der Waals surface area (Å²) in [6.45, 7) is 1.89. The molecule has 22 heavy (non-hydrogen) atoms. The third-order valence-corrected chi connectivity index (χ3v) is 4.62. The standard InChI is InChI=1S/C18H13N2OS/c1-12-19-11-15-17(13-6-3-2-4-7-13)16(22-18(15)20-12)10-14-8-5-9-21-14/h2-9H,10H2,1H3. The maximum absolute atomic E-state index is 5.51. The summed E-state index contributed by atoms with van der Waals surface area (Å²) in [5, 5.41) is 0.989. The van der Waals surface area contributed by atoms with Crippen LogP contribution in [0.25, 0.3) is 21.3 Å². The van der Waals surface area contributed by atoms with Gasteiger partial charge in [-0.15, -0.1) is 11.3 Å². The zero-order chi connectivity index (χ0) is 14.9. The first-order chi connectivity index (χ1) is 10.8. The Kier molecular flexibility index (Phi) is 3.24. The summed E-state index contributed by atoms with van der Waals surface area (Å²) in [5.74, 6) is 1.70. The van der Waals surface area contributed by atoms with Crippen molar-refractivity contribution in [3.05, 3.63) is 71.4 Å². The molecule has 0 aliphatic rings. The van der Waals surface area contributed by atoms with Crippen LogP contribution < -0.4 is 0 Å². The van der Waals surface area contributed by atoms with E-state index in [0.717, 1.165) is 33.8 Å². The first-order valence-corrected chi connectivity index (χ1v) is 7.88. The zero-order valence-electron chi connectivity index (χ0n) is 12.0. The minimum Gasteiger partial charge on any atom is -0.469 e. The molecule has 0 fully saturated rings. The number of hydrogen-bond donors (Lipinski definition) is 0. The predicted molar refractivity (Wildman–Crippen MR) is 87.9 cm³/mol. The first-order valence-electron chi connectivity index (χ1n) is 7.07. The topological polar surface area (TPSA) is 38.9 Å². The van der Waals surface area contributed by atoms with Crippen molar-refractivity contribution < 1.29 is 4.42 Å². The highest BCUT2D eigenvalue weighted by Crippen LogP contribution is 2.38. The fraction of sp³-hybridized carbons (Fsp3) is 0.111. The van der Waals surface area contributed by atoms with Gasteiger partial charge in [-0.05, 0) is 24.6 Å². The van der Waals surface area contributed by atoms with Crippen LogP contribution in [0.1, 0.15) is 16.5 Å². The van der Waals surface area contributed by atoms with Gasteiger partial charge in [0, 0.05) is 22.2 Å². The van der Waals surface area contributed by atoms with Crippen molar-refractivity contribution in [2.45, 2.75) is 13.3 Å². The lowest BCUT2D eigenvalue weighted by Crippen LogP contribution is -1.88. The van der Waals surface area contributed by atoms with Crippen molar-refractivity contribution in [2.75, 3.05) is 0 Å².